The van der Waals surface area contributed by atoms with E-state index in [-0.39, 0.29) is 17.9 Å². The highest BCUT2D eigenvalue weighted by Gasteiger charge is 2.27. The molecule has 0 saturated carbocycles. The summed E-state index contributed by atoms with van der Waals surface area (Å²) in [6.07, 6.45) is 0. The molecule has 2 aromatic rings. The van der Waals surface area contributed by atoms with E-state index in [1.807, 2.05) is 51.1 Å². The number of rotatable bonds is 6. The van der Waals surface area contributed by atoms with Gasteiger partial charge in [-0.3, -0.25) is 4.79 Å². The molecule has 0 radical (unpaired) electrons. The molecule has 0 saturated heterocycles. The first-order chi connectivity index (χ1) is 10.5. The molecule has 0 fully saturated rings. The third-order valence-corrected chi connectivity index (χ3v) is 3.35. The molecule has 2 rings (SSSR count). The molecule has 0 aliphatic rings. The number of nitrogens with zero attached hydrogens (tertiary/aromatic N) is 4. The molecule has 0 aliphatic carbocycles. The Labute approximate surface area is 129 Å². The number of carbonyl (C=O) groups is 1. The lowest BCUT2D eigenvalue weighted by atomic mass is 10.0. The zero-order chi connectivity index (χ0) is 16.1. The number of nitrogens with two attached hydrogens (primary N) is 1. The molecule has 1 aromatic carbocycles. The Bertz CT molecular complexity index is 610. The van der Waals surface area contributed by atoms with Crippen LogP contribution in [0.25, 0.3) is 11.4 Å². The summed E-state index contributed by atoms with van der Waals surface area (Å²) < 4.78 is 0. The summed E-state index contributed by atoms with van der Waals surface area (Å²) in [7, 11) is 0. The number of hydrogen-bond donors (Lipinski definition) is 2. The van der Waals surface area contributed by atoms with Gasteiger partial charge in [-0.15, -0.1) is 10.2 Å². The summed E-state index contributed by atoms with van der Waals surface area (Å²) in [6.45, 7) is 6.14. The highest BCUT2D eigenvalue weighted by Crippen LogP contribution is 2.18. The first-order valence-electron chi connectivity index (χ1n) is 7.38. The lowest BCUT2D eigenvalue weighted by Gasteiger charge is -2.21. The topological polar surface area (TPSA) is 98.7 Å². The Balaban J connectivity index is 2.23. The number of aromatic nitrogens is 4. The van der Waals surface area contributed by atoms with Gasteiger partial charge in [-0.2, -0.15) is 4.80 Å². The zero-order valence-corrected chi connectivity index (χ0v) is 13.1. The quantitative estimate of drug-likeness (QED) is 0.829. The van der Waals surface area contributed by atoms with E-state index < -0.39 is 6.04 Å². The Morgan fingerprint density at radius 2 is 1.95 bits per heavy atom. The SMILES string of the molecule is CC(C)C(C(=O)N[C@@H](C)CN)n1nnc(-c2ccccc2)n1. The molecule has 2 atom stereocenters. The summed E-state index contributed by atoms with van der Waals surface area (Å²) in [5, 5.41) is 15.3. The number of hydrogen-bond acceptors (Lipinski definition) is 5. The van der Waals surface area contributed by atoms with Gasteiger partial charge in [-0.25, -0.2) is 0 Å². The number of nitrogens with one attached hydrogen (secondary N) is 1. The molecular formula is C15H22N6O. The van der Waals surface area contributed by atoms with E-state index in [1.54, 1.807) is 0 Å². The number of tetrazole rings is 1. The summed E-state index contributed by atoms with van der Waals surface area (Å²) in [5.74, 6) is 0.388. The molecule has 1 aromatic heterocycles. The normalized spacial score (nSPS) is 13.9. The molecule has 1 unspecified atom stereocenters. The fourth-order valence-electron chi connectivity index (χ4n) is 2.11. The van der Waals surface area contributed by atoms with Crippen molar-refractivity contribution in [1.29, 1.82) is 0 Å². The third-order valence-electron chi connectivity index (χ3n) is 3.35. The highest BCUT2D eigenvalue weighted by molar-refractivity contribution is 5.80. The van der Waals surface area contributed by atoms with Gasteiger partial charge in [0.25, 0.3) is 0 Å². The first-order valence-corrected chi connectivity index (χ1v) is 7.38. The van der Waals surface area contributed by atoms with Gasteiger partial charge < -0.3 is 11.1 Å². The number of carbonyl (C=O) groups excluding carboxylic acids is 1. The Kier molecular flexibility index (Phi) is 5.21. The van der Waals surface area contributed by atoms with E-state index in [2.05, 4.69) is 20.7 Å². The number of amides is 1. The maximum atomic E-state index is 12.4. The van der Waals surface area contributed by atoms with Gasteiger partial charge in [-0.05, 0) is 18.1 Å². The predicted octanol–water partition coefficient (Wildman–Crippen LogP) is 1.00. The van der Waals surface area contributed by atoms with E-state index in [0.29, 0.717) is 12.4 Å². The van der Waals surface area contributed by atoms with Gasteiger partial charge in [0.15, 0.2) is 6.04 Å². The van der Waals surface area contributed by atoms with Crippen molar-refractivity contribution in [2.45, 2.75) is 32.9 Å². The minimum absolute atomic E-state index is 0.0304. The average Bonchev–Trinajstić information content (AvgIpc) is 2.97. The van der Waals surface area contributed by atoms with Gasteiger partial charge >= 0.3 is 0 Å². The summed E-state index contributed by atoms with van der Waals surface area (Å²) >= 11 is 0. The minimum Gasteiger partial charge on any atom is -0.350 e. The van der Waals surface area contributed by atoms with E-state index in [1.165, 1.54) is 4.80 Å². The maximum Gasteiger partial charge on any atom is 0.247 e. The average molecular weight is 302 g/mol. The summed E-state index contributed by atoms with van der Waals surface area (Å²) in [6, 6.07) is 8.94. The van der Waals surface area contributed by atoms with Crippen molar-refractivity contribution in [2.75, 3.05) is 6.54 Å². The molecule has 118 valence electrons. The van der Waals surface area contributed by atoms with Crippen LogP contribution in [0.15, 0.2) is 30.3 Å². The van der Waals surface area contributed by atoms with E-state index in [9.17, 15) is 4.79 Å². The second-order valence-electron chi connectivity index (χ2n) is 5.63. The molecule has 3 N–H and O–H groups in total. The Hall–Kier alpha value is -2.28. The van der Waals surface area contributed by atoms with Crippen LogP contribution in [0.4, 0.5) is 0 Å². The largest absolute Gasteiger partial charge is 0.350 e. The molecular weight excluding hydrogens is 280 g/mol. The van der Waals surface area contributed by atoms with Gasteiger partial charge in [0.1, 0.15) is 0 Å². The van der Waals surface area contributed by atoms with Crippen molar-refractivity contribution in [2.24, 2.45) is 11.7 Å². The molecule has 7 nitrogen and oxygen atoms in total. The summed E-state index contributed by atoms with van der Waals surface area (Å²) in [5.41, 5.74) is 6.42. The van der Waals surface area contributed by atoms with Crippen LogP contribution >= 0.6 is 0 Å². The standard InChI is InChI=1S/C15H22N6O/c1-10(2)13(15(22)17-11(3)9-16)21-19-14(18-20-21)12-7-5-4-6-8-12/h4-8,10-11,13H,9,16H2,1-3H3,(H,17,22)/t11-,13?/m0/s1. The van der Waals surface area contributed by atoms with Gasteiger partial charge in [0.05, 0.1) is 0 Å². The van der Waals surface area contributed by atoms with Crippen molar-refractivity contribution in [3.05, 3.63) is 30.3 Å². The number of benzene rings is 1. The molecule has 1 heterocycles. The maximum absolute atomic E-state index is 12.4. The molecule has 0 aliphatic heterocycles. The van der Waals surface area contributed by atoms with Crippen LogP contribution in [-0.2, 0) is 4.79 Å². The molecule has 0 bridgehead atoms. The smallest absolute Gasteiger partial charge is 0.247 e. The fourth-order valence-corrected chi connectivity index (χ4v) is 2.11. The summed E-state index contributed by atoms with van der Waals surface area (Å²) in [4.78, 5) is 13.8. The van der Waals surface area contributed by atoms with Crippen molar-refractivity contribution in [3.8, 4) is 11.4 Å². The lowest BCUT2D eigenvalue weighted by Crippen LogP contribution is -2.43. The van der Waals surface area contributed by atoms with Crippen molar-refractivity contribution in [3.63, 3.8) is 0 Å². The van der Waals surface area contributed by atoms with Crippen LogP contribution in [0.5, 0.6) is 0 Å². The van der Waals surface area contributed by atoms with Crippen molar-refractivity contribution < 1.29 is 4.79 Å². The minimum atomic E-state index is -0.515. The van der Waals surface area contributed by atoms with E-state index >= 15 is 0 Å². The third kappa shape index (κ3) is 3.67. The molecule has 22 heavy (non-hydrogen) atoms. The van der Waals surface area contributed by atoms with Gasteiger partial charge in [0, 0.05) is 18.2 Å². The predicted molar refractivity (Wildman–Crippen MR) is 83.8 cm³/mol. The zero-order valence-electron chi connectivity index (χ0n) is 13.1. The fraction of sp³-hybridized carbons (Fsp3) is 0.467. The molecule has 1 amide bonds. The first kappa shape index (κ1) is 16.1. The van der Waals surface area contributed by atoms with Crippen molar-refractivity contribution in [1.82, 2.24) is 25.5 Å². The van der Waals surface area contributed by atoms with E-state index in [4.69, 9.17) is 5.73 Å². The van der Waals surface area contributed by atoms with Crippen LogP contribution in [-0.4, -0.2) is 38.7 Å². The lowest BCUT2D eigenvalue weighted by molar-refractivity contribution is -0.126. The van der Waals surface area contributed by atoms with Crippen LogP contribution in [0.2, 0.25) is 0 Å². The van der Waals surface area contributed by atoms with Gasteiger partial charge in [-0.1, -0.05) is 44.2 Å². The molecule has 0 spiro atoms. The van der Waals surface area contributed by atoms with E-state index in [0.717, 1.165) is 5.56 Å². The molecule has 7 heteroatoms. The monoisotopic (exact) mass is 302 g/mol. The Morgan fingerprint density at radius 1 is 1.27 bits per heavy atom. The van der Waals surface area contributed by atoms with Crippen LogP contribution < -0.4 is 11.1 Å². The Morgan fingerprint density at radius 3 is 2.55 bits per heavy atom. The second-order valence-corrected chi connectivity index (χ2v) is 5.63. The van der Waals surface area contributed by atoms with Gasteiger partial charge in [0.2, 0.25) is 11.7 Å². The second kappa shape index (κ2) is 7.13. The van der Waals surface area contributed by atoms with Crippen molar-refractivity contribution >= 4 is 5.91 Å². The van der Waals surface area contributed by atoms with Crippen LogP contribution in [0, 0.1) is 5.92 Å². The van der Waals surface area contributed by atoms with Crippen LogP contribution in [0.1, 0.15) is 26.8 Å². The highest BCUT2D eigenvalue weighted by atomic mass is 16.2. The van der Waals surface area contributed by atoms with Crippen LogP contribution in [0.3, 0.4) is 0 Å².